The highest BCUT2D eigenvalue weighted by Crippen LogP contribution is 2.37. The minimum atomic E-state index is 0.608. The molecule has 0 unspecified atom stereocenters. The molecule has 3 heteroatoms. The van der Waals surface area contributed by atoms with Crippen LogP contribution in [0.5, 0.6) is 0 Å². The van der Waals surface area contributed by atoms with E-state index in [4.69, 9.17) is 0 Å². The van der Waals surface area contributed by atoms with Crippen molar-refractivity contribution in [2.24, 2.45) is 5.41 Å². The van der Waals surface area contributed by atoms with Crippen LogP contribution < -0.4 is 0 Å². The summed E-state index contributed by atoms with van der Waals surface area (Å²) in [5, 5.41) is 0. The lowest BCUT2D eigenvalue weighted by molar-refractivity contribution is 0.0445. The van der Waals surface area contributed by atoms with Crippen molar-refractivity contribution < 1.29 is 0 Å². The Kier molecular flexibility index (Phi) is 33.6. The second-order valence-corrected chi connectivity index (χ2v) is 17.0. The van der Waals surface area contributed by atoms with E-state index in [0.717, 1.165) is 0 Å². The van der Waals surface area contributed by atoms with Gasteiger partial charge < -0.3 is 4.90 Å². The minimum absolute atomic E-state index is 0.608. The highest BCUT2D eigenvalue weighted by atomic mass is 32.2. The number of thioether (sulfide) groups is 2. The van der Waals surface area contributed by atoms with Crippen LogP contribution >= 0.6 is 23.5 Å². The molecule has 0 N–H and O–H groups in total. The molecule has 1 heterocycles. The Morgan fingerprint density at radius 3 is 1.04 bits per heavy atom. The smallest absolute Gasteiger partial charge is 0.0138 e. The summed E-state index contributed by atoms with van der Waals surface area (Å²) in [5.74, 6) is 5.56. The Hall–Kier alpha value is 0.140. The minimum Gasteiger partial charge on any atom is -0.302 e. The first kappa shape index (κ1) is 44.2. The third-order valence-electron chi connectivity index (χ3n) is 9.98. The molecule has 0 aromatic carbocycles. The molecule has 0 amide bonds. The Bertz CT molecular complexity index is 605. The number of hydrogen-bond donors (Lipinski definition) is 0. The van der Waals surface area contributed by atoms with Gasteiger partial charge in [0.25, 0.3) is 0 Å². The summed E-state index contributed by atoms with van der Waals surface area (Å²) >= 11 is 4.54. The summed E-state index contributed by atoms with van der Waals surface area (Å²) in [4.78, 5) is 2.66. The van der Waals surface area contributed by atoms with Gasteiger partial charge in [0.2, 0.25) is 0 Å². The third kappa shape index (κ3) is 28.0. The molecular formula is C43H83NS2. The Balaban J connectivity index is 1.90. The van der Waals surface area contributed by atoms with Crippen LogP contribution in [0.2, 0.25) is 0 Å². The zero-order chi connectivity index (χ0) is 33.1. The van der Waals surface area contributed by atoms with E-state index in [0.29, 0.717) is 5.41 Å². The fourth-order valence-electron chi connectivity index (χ4n) is 6.83. The van der Waals surface area contributed by atoms with Crippen molar-refractivity contribution >= 4 is 23.5 Å². The lowest BCUT2D eigenvalue weighted by Gasteiger charge is -2.50. The van der Waals surface area contributed by atoms with E-state index in [2.05, 4.69) is 73.5 Å². The number of likely N-dealkylation sites (tertiary alicyclic amines) is 1. The molecule has 1 aliphatic rings. The maximum atomic E-state index is 2.66. The maximum absolute atomic E-state index is 2.66. The van der Waals surface area contributed by atoms with Gasteiger partial charge in [-0.25, -0.2) is 0 Å². The molecule has 0 saturated carbocycles. The highest BCUT2D eigenvalue weighted by Gasteiger charge is 2.41. The van der Waals surface area contributed by atoms with Gasteiger partial charge in [0, 0.05) is 30.0 Å². The summed E-state index contributed by atoms with van der Waals surface area (Å²) in [6.07, 6.45) is 49.2. The fourth-order valence-corrected chi connectivity index (χ4v) is 9.50. The van der Waals surface area contributed by atoms with Gasteiger partial charge >= 0.3 is 0 Å². The molecule has 0 aliphatic carbocycles. The lowest BCUT2D eigenvalue weighted by Crippen LogP contribution is -2.59. The number of nitrogens with zero attached hydrogens (tertiary/aromatic N) is 1. The van der Waals surface area contributed by atoms with E-state index in [1.165, 1.54) is 222 Å². The Morgan fingerprint density at radius 1 is 0.413 bits per heavy atom. The summed E-state index contributed by atoms with van der Waals surface area (Å²) < 4.78 is 0. The van der Waals surface area contributed by atoms with E-state index in [-0.39, 0.29) is 0 Å². The first-order valence-corrected chi connectivity index (χ1v) is 23.2. The van der Waals surface area contributed by atoms with E-state index in [9.17, 15) is 0 Å². The zero-order valence-corrected chi connectivity index (χ0v) is 33.5. The molecule has 0 atom stereocenters. The second kappa shape index (κ2) is 35.0. The first-order valence-electron chi connectivity index (χ1n) is 20.9. The molecule has 1 nitrogen and oxygen atoms in total. The molecule has 0 bridgehead atoms. The van der Waals surface area contributed by atoms with E-state index >= 15 is 0 Å². The van der Waals surface area contributed by atoms with Gasteiger partial charge in [0.05, 0.1) is 0 Å². The number of rotatable bonds is 37. The molecule has 1 fully saturated rings. The van der Waals surface area contributed by atoms with Gasteiger partial charge in [0.1, 0.15) is 0 Å². The number of allylic oxidation sites excluding steroid dienone is 4. The van der Waals surface area contributed by atoms with Gasteiger partial charge in [-0.05, 0) is 82.3 Å². The Morgan fingerprint density at radius 2 is 0.717 bits per heavy atom. The van der Waals surface area contributed by atoms with Gasteiger partial charge in [-0.15, -0.1) is 0 Å². The van der Waals surface area contributed by atoms with Gasteiger partial charge in [0.15, 0.2) is 0 Å². The molecule has 272 valence electrons. The molecule has 46 heavy (non-hydrogen) atoms. The lowest BCUT2D eigenvalue weighted by atomic mass is 9.84. The van der Waals surface area contributed by atoms with Crippen molar-refractivity contribution in [1.29, 1.82) is 0 Å². The van der Waals surface area contributed by atoms with Crippen molar-refractivity contribution in [3.05, 3.63) is 24.3 Å². The SMILES string of the molecule is CCCCCCCC/C=C\CCCCCCCCSCC1(CSCCCCCCCC/C=C\CCCCCCCC)CN(CC)C1. The van der Waals surface area contributed by atoms with Crippen molar-refractivity contribution in [1.82, 2.24) is 4.90 Å². The van der Waals surface area contributed by atoms with Crippen LogP contribution in [-0.4, -0.2) is 47.5 Å². The average molecular weight is 678 g/mol. The van der Waals surface area contributed by atoms with E-state index in [1.54, 1.807) is 0 Å². The fraction of sp³-hybridized carbons (Fsp3) is 0.907. The normalized spacial score (nSPS) is 15.0. The maximum Gasteiger partial charge on any atom is 0.0138 e. The monoisotopic (exact) mass is 678 g/mol. The summed E-state index contributed by atoms with van der Waals surface area (Å²) in [6, 6.07) is 0. The quantitative estimate of drug-likeness (QED) is 0.0476. The average Bonchev–Trinajstić information content (AvgIpc) is 3.05. The van der Waals surface area contributed by atoms with E-state index < -0.39 is 0 Å². The van der Waals surface area contributed by atoms with Crippen molar-refractivity contribution in [2.75, 3.05) is 42.6 Å². The summed E-state index contributed by atoms with van der Waals surface area (Å²) in [7, 11) is 0. The molecule has 0 aromatic rings. The molecular weight excluding hydrogens is 595 g/mol. The molecule has 0 aromatic heterocycles. The van der Waals surface area contributed by atoms with Gasteiger partial charge in [-0.2, -0.15) is 23.5 Å². The van der Waals surface area contributed by atoms with Crippen LogP contribution in [0.15, 0.2) is 24.3 Å². The highest BCUT2D eigenvalue weighted by molar-refractivity contribution is 8.00. The number of unbranched alkanes of at least 4 members (excludes halogenated alkanes) is 24. The predicted octanol–water partition coefficient (Wildman–Crippen LogP) is 14.8. The topological polar surface area (TPSA) is 3.24 Å². The van der Waals surface area contributed by atoms with Crippen LogP contribution in [-0.2, 0) is 0 Å². The summed E-state index contributed by atoms with van der Waals surface area (Å²) in [5.41, 5.74) is 0.608. The molecule has 1 rings (SSSR count). The number of hydrogen-bond acceptors (Lipinski definition) is 3. The first-order chi connectivity index (χ1) is 22.8. The predicted molar refractivity (Wildman–Crippen MR) is 218 cm³/mol. The zero-order valence-electron chi connectivity index (χ0n) is 31.8. The molecule has 1 saturated heterocycles. The van der Waals surface area contributed by atoms with Crippen LogP contribution in [0.4, 0.5) is 0 Å². The van der Waals surface area contributed by atoms with Gasteiger partial charge in [-0.1, -0.05) is 161 Å². The molecule has 0 spiro atoms. The van der Waals surface area contributed by atoms with Gasteiger partial charge in [-0.3, -0.25) is 0 Å². The van der Waals surface area contributed by atoms with Crippen LogP contribution in [0.1, 0.15) is 201 Å². The van der Waals surface area contributed by atoms with Crippen LogP contribution in [0.25, 0.3) is 0 Å². The second-order valence-electron chi connectivity index (χ2n) is 14.8. The summed E-state index contributed by atoms with van der Waals surface area (Å²) in [6.45, 7) is 10.9. The van der Waals surface area contributed by atoms with Crippen molar-refractivity contribution in [2.45, 2.75) is 201 Å². The Labute approximate surface area is 300 Å². The van der Waals surface area contributed by atoms with Crippen LogP contribution in [0.3, 0.4) is 0 Å². The van der Waals surface area contributed by atoms with Crippen molar-refractivity contribution in [3.63, 3.8) is 0 Å². The standard InChI is InChI=1S/C43H83NS2/c1-4-7-9-11-13-15-17-19-21-23-25-27-29-31-33-35-37-45-41-43(39-44(6-3)40-43)42-46-38-36-34-32-30-28-26-24-22-20-18-16-14-12-10-8-5-2/h19-22H,4-18,23-42H2,1-3H3/b21-19-,22-20-. The molecule has 1 aliphatic heterocycles. The van der Waals surface area contributed by atoms with E-state index in [1.807, 2.05) is 0 Å². The van der Waals surface area contributed by atoms with Crippen LogP contribution in [0, 0.1) is 5.41 Å². The molecule has 0 radical (unpaired) electrons. The third-order valence-corrected chi connectivity index (χ3v) is 12.8. The largest absolute Gasteiger partial charge is 0.302 e. The van der Waals surface area contributed by atoms with Crippen molar-refractivity contribution in [3.8, 4) is 0 Å².